The Morgan fingerprint density at radius 1 is 1.11 bits per heavy atom. The first-order valence-corrected chi connectivity index (χ1v) is 9.41. The van der Waals surface area contributed by atoms with Gasteiger partial charge in [0.05, 0.1) is 32.3 Å². The number of benzene rings is 1. The van der Waals surface area contributed by atoms with Crippen LogP contribution in [0.25, 0.3) is 6.08 Å². The highest BCUT2D eigenvalue weighted by atomic mass is 32.2. The molecule has 0 radical (unpaired) electrons. The topological polar surface area (TPSA) is 91.4 Å². The average Bonchev–Trinajstić information content (AvgIpc) is 2.94. The molecule has 1 aromatic carbocycles. The van der Waals surface area contributed by atoms with Gasteiger partial charge in [0, 0.05) is 11.6 Å². The molecule has 0 N–H and O–H groups in total. The Balaban J connectivity index is 2.27. The summed E-state index contributed by atoms with van der Waals surface area (Å²) in [6, 6.07) is 3.27. The van der Waals surface area contributed by atoms with Crippen LogP contribution in [0.5, 0.6) is 17.2 Å². The van der Waals surface area contributed by atoms with Crippen LogP contribution in [0.15, 0.2) is 17.0 Å². The predicted octanol–water partition coefficient (Wildman–Crippen LogP) is 3.09. The molecule has 9 heteroatoms. The Kier molecular flexibility index (Phi) is 7.33. The molecule has 8 nitrogen and oxygen atoms in total. The van der Waals surface area contributed by atoms with Gasteiger partial charge in [0.1, 0.15) is 12.3 Å². The van der Waals surface area contributed by atoms with Crippen molar-refractivity contribution in [2.24, 2.45) is 0 Å². The zero-order chi connectivity index (χ0) is 20.8. The highest BCUT2D eigenvalue weighted by Gasteiger charge is 2.37. The lowest BCUT2D eigenvalue weighted by atomic mass is 10.1. The van der Waals surface area contributed by atoms with E-state index in [-0.39, 0.29) is 11.0 Å². The summed E-state index contributed by atoms with van der Waals surface area (Å²) in [5.74, 6) is 0.179. The molecular formula is C19H23NO7S. The van der Waals surface area contributed by atoms with Crippen molar-refractivity contribution in [3.8, 4) is 17.2 Å². The third kappa shape index (κ3) is 4.78. The number of ether oxygens (including phenoxy) is 4. The molecule has 0 aromatic heterocycles. The highest BCUT2D eigenvalue weighted by molar-refractivity contribution is 8.18. The number of rotatable bonds is 8. The van der Waals surface area contributed by atoms with Crippen LogP contribution < -0.4 is 14.2 Å². The van der Waals surface area contributed by atoms with Crippen LogP contribution in [0.3, 0.4) is 0 Å². The minimum absolute atomic E-state index is 0.173. The minimum Gasteiger partial charge on any atom is -0.496 e. The molecule has 1 heterocycles. The zero-order valence-electron chi connectivity index (χ0n) is 16.4. The van der Waals surface area contributed by atoms with Crippen LogP contribution in [0.2, 0.25) is 0 Å². The Morgan fingerprint density at radius 3 is 2.29 bits per heavy atom. The lowest BCUT2D eigenvalue weighted by Crippen LogP contribution is -2.35. The maximum absolute atomic E-state index is 12.6. The molecule has 1 fully saturated rings. The average molecular weight is 409 g/mol. The van der Waals surface area contributed by atoms with Gasteiger partial charge in [0.25, 0.3) is 11.1 Å². The van der Waals surface area contributed by atoms with E-state index >= 15 is 0 Å². The Morgan fingerprint density at radius 2 is 1.71 bits per heavy atom. The lowest BCUT2D eigenvalue weighted by Gasteiger charge is -2.15. The van der Waals surface area contributed by atoms with Gasteiger partial charge in [-0.15, -0.1) is 0 Å². The van der Waals surface area contributed by atoms with Crippen LogP contribution in [-0.2, 0) is 14.3 Å². The molecule has 152 valence electrons. The Bertz CT molecular complexity index is 806. The molecule has 0 aliphatic carbocycles. The zero-order valence-corrected chi connectivity index (χ0v) is 17.3. The molecule has 0 spiro atoms. The summed E-state index contributed by atoms with van der Waals surface area (Å²) in [6.07, 6.45) is 1.89. The fourth-order valence-corrected chi connectivity index (χ4v) is 3.25. The smallest absolute Gasteiger partial charge is 0.326 e. The van der Waals surface area contributed by atoms with Crippen molar-refractivity contribution >= 4 is 35.0 Å². The largest absolute Gasteiger partial charge is 0.496 e. The summed E-state index contributed by atoms with van der Waals surface area (Å²) in [4.78, 5) is 37.8. The number of methoxy groups -OCH3 is 3. The number of thioether (sulfide) groups is 1. The number of amides is 2. The van der Waals surface area contributed by atoms with E-state index in [1.165, 1.54) is 27.4 Å². The molecule has 2 amide bonds. The summed E-state index contributed by atoms with van der Waals surface area (Å²) in [7, 11) is 4.47. The van der Waals surface area contributed by atoms with Crippen molar-refractivity contribution in [3.63, 3.8) is 0 Å². The van der Waals surface area contributed by atoms with Crippen molar-refractivity contribution in [3.05, 3.63) is 22.6 Å². The van der Waals surface area contributed by atoms with Crippen molar-refractivity contribution in [1.29, 1.82) is 0 Å². The summed E-state index contributed by atoms with van der Waals surface area (Å²) < 4.78 is 21.0. The van der Waals surface area contributed by atoms with Gasteiger partial charge in [-0.25, -0.2) is 0 Å². The maximum atomic E-state index is 12.6. The van der Waals surface area contributed by atoms with E-state index in [1.54, 1.807) is 19.1 Å². The molecule has 1 aliphatic rings. The van der Waals surface area contributed by atoms with E-state index in [0.29, 0.717) is 29.2 Å². The highest BCUT2D eigenvalue weighted by Crippen LogP contribution is 2.38. The van der Waals surface area contributed by atoms with Crippen LogP contribution in [-0.4, -0.2) is 56.0 Å². The van der Waals surface area contributed by atoms with Crippen molar-refractivity contribution in [2.75, 3.05) is 27.9 Å². The van der Waals surface area contributed by atoms with Gasteiger partial charge in [0.2, 0.25) is 0 Å². The maximum Gasteiger partial charge on any atom is 0.326 e. The van der Waals surface area contributed by atoms with Gasteiger partial charge < -0.3 is 18.9 Å². The molecule has 1 saturated heterocycles. The standard InChI is InChI=1S/C19H23NO7S/c1-6-11(2)27-17(21)10-20-18(22)16(28-19(20)23)8-12-7-14(25-4)15(26-5)9-13(12)24-3/h7-9,11H,6,10H2,1-5H3/b16-8+/t11-/m0/s1. The Hall–Kier alpha value is -2.68. The Labute approximate surface area is 167 Å². The SMILES string of the molecule is CC[C@H](C)OC(=O)CN1C(=O)S/C(=C/c2cc(OC)c(OC)cc2OC)C1=O. The number of nitrogens with zero attached hydrogens (tertiary/aromatic N) is 1. The second-order valence-electron chi connectivity index (χ2n) is 5.93. The number of carbonyl (C=O) groups excluding carboxylic acids is 3. The second kappa shape index (κ2) is 9.50. The lowest BCUT2D eigenvalue weighted by molar-refractivity contribution is -0.150. The van der Waals surface area contributed by atoms with Crippen LogP contribution in [0.4, 0.5) is 4.79 Å². The first-order chi connectivity index (χ1) is 13.3. The van der Waals surface area contributed by atoms with Crippen LogP contribution in [0.1, 0.15) is 25.8 Å². The van der Waals surface area contributed by atoms with Gasteiger partial charge in [-0.2, -0.15) is 0 Å². The van der Waals surface area contributed by atoms with E-state index in [1.807, 2.05) is 6.92 Å². The van der Waals surface area contributed by atoms with E-state index < -0.39 is 23.7 Å². The van der Waals surface area contributed by atoms with Crippen molar-refractivity contribution in [1.82, 2.24) is 4.90 Å². The molecular weight excluding hydrogens is 386 g/mol. The molecule has 2 rings (SSSR count). The van der Waals surface area contributed by atoms with E-state index in [2.05, 4.69) is 0 Å². The van der Waals surface area contributed by atoms with Gasteiger partial charge in [0.15, 0.2) is 11.5 Å². The number of imide groups is 1. The fraction of sp³-hybridized carbons (Fsp3) is 0.421. The fourth-order valence-electron chi connectivity index (χ4n) is 2.42. The van der Waals surface area contributed by atoms with Gasteiger partial charge in [-0.1, -0.05) is 6.92 Å². The van der Waals surface area contributed by atoms with Crippen molar-refractivity contribution < 1.29 is 33.3 Å². The van der Waals surface area contributed by atoms with Crippen LogP contribution >= 0.6 is 11.8 Å². The summed E-state index contributed by atoms with van der Waals surface area (Å²) >= 11 is 0.749. The molecule has 1 atom stereocenters. The number of hydrogen-bond donors (Lipinski definition) is 0. The van der Waals surface area contributed by atoms with Gasteiger partial charge >= 0.3 is 5.97 Å². The number of carbonyl (C=O) groups is 3. The summed E-state index contributed by atoms with van der Waals surface area (Å²) in [6.45, 7) is 3.20. The molecule has 28 heavy (non-hydrogen) atoms. The monoisotopic (exact) mass is 409 g/mol. The predicted molar refractivity (Wildman–Crippen MR) is 105 cm³/mol. The second-order valence-corrected chi connectivity index (χ2v) is 6.92. The molecule has 1 aromatic rings. The molecule has 0 saturated carbocycles. The van der Waals surface area contributed by atoms with Crippen molar-refractivity contribution in [2.45, 2.75) is 26.4 Å². The molecule has 0 bridgehead atoms. The number of hydrogen-bond acceptors (Lipinski definition) is 8. The quantitative estimate of drug-likeness (QED) is 0.478. The minimum atomic E-state index is -0.624. The van der Waals surface area contributed by atoms with E-state index in [4.69, 9.17) is 18.9 Å². The summed E-state index contributed by atoms with van der Waals surface area (Å²) in [5, 5.41) is -0.531. The molecule has 0 unspecified atom stereocenters. The first kappa shape index (κ1) is 21.6. The van der Waals surface area contributed by atoms with Gasteiger partial charge in [-0.05, 0) is 37.2 Å². The normalized spacial score (nSPS) is 16.3. The summed E-state index contributed by atoms with van der Waals surface area (Å²) in [5.41, 5.74) is 0.535. The van der Waals surface area contributed by atoms with E-state index in [9.17, 15) is 14.4 Å². The third-order valence-electron chi connectivity index (χ3n) is 4.09. The molecule has 1 aliphatic heterocycles. The number of esters is 1. The first-order valence-electron chi connectivity index (χ1n) is 8.59. The third-order valence-corrected chi connectivity index (χ3v) is 5.00. The van der Waals surface area contributed by atoms with E-state index in [0.717, 1.165) is 16.7 Å². The van der Waals surface area contributed by atoms with Crippen LogP contribution in [0, 0.1) is 0 Å². The van der Waals surface area contributed by atoms with Gasteiger partial charge in [-0.3, -0.25) is 19.3 Å².